The molecule has 0 radical (unpaired) electrons. The quantitative estimate of drug-likeness (QED) is 0.108. The standard InChI is InChI=1S/C58H38N4.C57H37N5/c1-4-14-39(15-5-1)40-24-30-46(31-25-40)61-54-22-12-10-20-48(54)50-36-44(28-34-56(50)61)45-29-35-57-51(37-45)49-21-11-13-23-55(49)62(57)47-32-26-43(27-33-47)58-59-52(41-16-6-2-7-17-41)38-53(60-58)42-18-8-3-9-19-42;1-4-14-38(15-5-1)39-24-30-45(31-25-39)61-51-22-12-10-20-47(51)49-36-43(28-34-53(49)61)44-29-35-54-50(37-44)48-21-11-13-23-52(48)62(54)46-32-26-42(27-33-46)57-59-55(40-16-6-2-7-17-40)58-56(60-57)41-18-8-3-9-19-41/h1-38H;1-37H. The molecule has 0 aliphatic rings. The molecule has 0 atom stereocenters. The summed E-state index contributed by atoms with van der Waals surface area (Å²) in [6.45, 7) is 0. The van der Waals surface area contributed by atoms with Gasteiger partial charge in [-0.15, -0.1) is 0 Å². The van der Waals surface area contributed by atoms with Crippen LogP contribution in [-0.4, -0.2) is 43.2 Å². The Morgan fingerprint density at radius 2 is 0.306 bits per heavy atom. The van der Waals surface area contributed by atoms with Gasteiger partial charge in [-0.25, -0.2) is 24.9 Å². The highest BCUT2D eigenvalue weighted by Gasteiger charge is 2.22. The predicted molar refractivity (Wildman–Crippen MR) is 514 cm³/mol. The van der Waals surface area contributed by atoms with Gasteiger partial charge in [-0.3, -0.25) is 0 Å². The first-order chi connectivity index (χ1) is 61.5. The van der Waals surface area contributed by atoms with Crippen LogP contribution in [0.4, 0.5) is 0 Å². The zero-order valence-electron chi connectivity index (χ0n) is 67.3. The molecule has 24 aromatic rings. The maximum Gasteiger partial charge on any atom is 0.164 e. The van der Waals surface area contributed by atoms with Crippen LogP contribution in [-0.2, 0) is 0 Å². The second-order valence-corrected chi connectivity index (χ2v) is 31.5. The summed E-state index contributed by atoms with van der Waals surface area (Å²) in [5.74, 6) is 2.63. The molecule has 0 saturated heterocycles. The third-order valence-electron chi connectivity index (χ3n) is 24.2. The Balaban J connectivity index is 0.000000143. The van der Waals surface area contributed by atoms with Gasteiger partial charge < -0.3 is 18.3 Å². The summed E-state index contributed by atoms with van der Waals surface area (Å²) in [6, 6.07) is 162. The summed E-state index contributed by atoms with van der Waals surface area (Å²) in [7, 11) is 0. The minimum absolute atomic E-state index is 0.636. The second-order valence-electron chi connectivity index (χ2n) is 31.5. The maximum atomic E-state index is 5.08. The van der Waals surface area contributed by atoms with Crippen LogP contribution in [0.15, 0.2) is 455 Å². The van der Waals surface area contributed by atoms with Crippen LogP contribution in [0.25, 0.3) is 223 Å². The van der Waals surface area contributed by atoms with Crippen molar-refractivity contribution in [3.8, 4) is 135 Å². The zero-order chi connectivity index (χ0) is 82.0. The third-order valence-corrected chi connectivity index (χ3v) is 24.2. The van der Waals surface area contributed by atoms with E-state index in [4.69, 9.17) is 24.9 Å². The Bertz CT molecular complexity index is 7550. The van der Waals surface area contributed by atoms with Crippen molar-refractivity contribution in [3.05, 3.63) is 455 Å². The molecule has 9 nitrogen and oxygen atoms in total. The first-order valence-electron chi connectivity index (χ1n) is 42.0. The Morgan fingerprint density at radius 3 is 0.573 bits per heavy atom. The van der Waals surface area contributed by atoms with Gasteiger partial charge >= 0.3 is 0 Å². The summed E-state index contributed by atoms with van der Waals surface area (Å²) >= 11 is 0. The van der Waals surface area contributed by atoms with Crippen LogP contribution in [0.5, 0.6) is 0 Å². The number of para-hydroxylation sites is 4. The SMILES string of the molecule is c1ccc(-c2ccc(-n3c4ccccc4c4cc(-c5ccc6c(c5)c5ccccc5n6-c5ccc(-c6nc(-c7ccccc7)cc(-c7ccccc7)n6)cc5)ccc43)cc2)cc1.c1ccc(-c2ccc(-n3c4ccccc4c4cc(-c5ccc6c(c5)c5ccccc5n6-c5ccc(-c6nc(-c7ccccc7)nc(-c7ccccc7)n6)cc5)ccc43)cc2)cc1. The highest BCUT2D eigenvalue weighted by atomic mass is 15.0. The smallest absolute Gasteiger partial charge is 0.164 e. The molecule has 0 fully saturated rings. The van der Waals surface area contributed by atoms with Gasteiger partial charge in [0, 0.05) is 99.2 Å². The Morgan fingerprint density at radius 1 is 0.121 bits per heavy atom. The molecule has 124 heavy (non-hydrogen) atoms. The third kappa shape index (κ3) is 13.1. The minimum Gasteiger partial charge on any atom is -0.309 e. The molecule has 18 aromatic carbocycles. The first-order valence-corrected chi connectivity index (χ1v) is 42.0. The van der Waals surface area contributed by atoms with Gasteiger partial charge in [0.2, 0.25) is 0 Å². The lowest BCUT2D eigenvalue weighted by Crippen LogP contribution is -2.00. The van der Waals surface area contributed by atoms with Crippen molar-refractivity contribution in [2.45, 2.75) is 0 Å². The molecule has 0 spiro atoms. The highest BCUT2D eigenvalue weighted by molar-refractivity contribution is 6.15. The monoisotopic (exact) mass is 1580 g/mol. The van der Waals surface area contributed by atoms with Gasteiger partial charge in [0.15, 0.2) is 23.3 Å². The van der Waals surface area contributed by atoms with Crippen LogP contribution >= 0.6 is 0 Å². The topological polar surface area (TPSA) is 84.2 Å². The van der Waals surface area contributed by atoms with E-state index in [1.807, 2.05) is 97.1 Å². The van der Waals surface area contributed by atoms with Crippen molar-refractivity contribution in [1.29, 1.82) is 0 Å². The Kier molecular flexibility index (Phi) is 18.0. The van der Waals surface area contributed by atoms with E-state index in [1.54, 1.807) is 0 Å². The summed E-state index contributed by atoms with van der Waals surface area (Å²) in [5, 5.41) is 9.81. The molecule has 0 bridgehead atoms. The van der Waals surface area contributed by atoms with Crippen LogP contribution in [0.2, 0.25) is 0 Å². The lowest BCUT2D eigenvalue weighted by molar-refractivity contribution is 1.07. The Labute approximate surface area is 716 Å². The minimum atomic E-state index is 0.636. The molecule has 6 heterocycles. The first kappa shape index (κ1) is 72.5. The van der Waals surface area contributed by atoms with Crippen molar-refractivity contribution in [2.24, 2.45) is 0 Å². The highest BCUT2D eigenvalue weighted by Crippen LogP contribution is 2.43. The summed E-state index contributed by atoms with van der Waals surface area (Å²) in [5.41, 5.74) is 31.2. The van der Waals surface area contributed by atoms with E-state index in [-0.39, 0.29) is 0 Å². The fourth-order valence-corrected chi connectivity index (χ4v) is 18.1. The molecule has 0 N–H and O–H groups in total. The fourth-order valence-electron chi connectivity index (χ4n) is 18.1. The van der Waals surface area contributed by atoms with E-state index < -0.39 is 0 Å². The van der Waals surface area contributed by atoms with Crippen LogP contribution in [0.1, 0.15) is 0 Å². The lowest BCUT2D eigenvalue weighted by atomic mass is 10.0. The maximum absolute atomic E-state index is 5.08. The lowest BCUT2D eigenvalue weighted by Gasteiger charge is -2.11. The molecular weight excluding hydrogens is 1510 g/mol. The molecule has 580 valence electrons. The number of aromatic nitrogens is 9. The number of fused-ring (bicyclic) bond motifs is 12. The molecule has 0 aliphatic heterocycles. The number of hydrogen-bond donors (Lipinski definition) is 0. The molecule has 9 heteroatoms. The van der Waals surface area contributed by atoms with Crippen LogP contribution in [0.3, 0.4) is 0 Å². The number of rotatable bonds is 14. The molecule has 0 aliphatic carbocycles. The van der Waals surface area contributed by atoms with Crippen molar-refractivity contribution >= 4 is 87.2 Å². The van der Waals surface area contributed by atoms with Gasteiger partial charge in [0.05, 0.1) is 55.5 Å². The zero-order valence-corrected chi connectivity index (χ0v) is 67.3. The normalized spacial score (nSPS) is 11.5. The molecule has 0 saturated carbocycles. The average molecular weight is 1580 g/mol. The number of benzene rings is 18. The van der Waals surface area contributed by atoms with E-state index in [9.17, 15) is 0 Å². The van der Waals surface area contributed by atoms with Crippen LogP contribution in [0, 0.1) is 0 Å². The van der Waals surface area contributed by atoms with Gasteiger partial charge in [-0.1, -0.05) is 303 Å². The van der Waals surface area contributed by atoms with Gasteiger partial charge in [-0.05, 0) is 196 Å². The Hall–Kier alpha value is -16.8. The van der Waals surface area contributed by atoms with Gasteiger partial charge in [-0.2, -0.15) is 0 Å². The van der Waals surface area contributed by atoms with E-state index >= 15 is 0 Å². The van der Waals surface area contributed by atoms with Crippen molar-refractivity contribution < 1.29 is 0 Å². The summed E-state index contributed by atoms with van der Waals surface area (Å²) < 4.78 is 9.50. The van der Waals surface area contributed by atoms with Gasteiger partial charge in [0.1, 0.15) is 0 Å². The largest absolute Gasteiger partial charge is 0.309 e. The summed E-state index contributed by atoms with van der Waals surface area (Å²) in [6.07, 6.45) is 0. The predicted octanol–water partition coefficient (Wildman–Crippen LogP) is 29.4. The van der Waals surface area contributed by atoms with E-state index in [1.165, 1.54) is 110 Å². The van der Waals surface area contributed by atoms with Crippen molar-refractivity contribution in [2.75, 3.05) is 0 Å². The molecule has 0 unspecified atom stereocenters. The molecule has 24 rings (SSSR count). The molecule has 0 amide bonds. The molecule has 6 aromatic heterocycles. The van der Waals surface area contributed by atoms with Gasteiger partial charge in [0.25, 0.3) is 0 Å². The van der Waals surface area contributed by atoms with E-state index in [0.29, 0.717) is 23.3 Å². The van der Waals surface area contributed by atoms with Crippen LogP contribution < -0.4 is 0 Å². The second kappa shape index (κ2) is 30.9. The average Bonchev–Trinajstić information content (AvgIpc) is 1.59. The van der Waals surface area contributed by atoms with Crippen molar-refractivity contribution in [1.82, 2.24) is 43.2 Å². The summed E-state index contributed by atoms with van der Waals surface area (Å²) in [4.78, 5) is 25.0. The van der Waals surface area contributed by atoms with Crippen molar-refractivity contribution in [3.63, 3.8) is 0 Å². The number of nitrogens with zero attached hydrogens (tertiary/aromatic N) is 9. The van der Waals surface area contributed by atoms with E-state index in [2.05, 4.69) is 376 Å². The molecular formula is C115H75N9. The fraction of sp³-hybridized carbons (Fsp3) is 0. The number of hydrogen-bond acceptors (Lipinski definition) is 5. The van der Waals surface area contributed by atoms with E-state index in [0.717, 1.165) is 89.6 Å².